The van der Waals surface area contributed by atoms with Gasteiger partial charge in [0.15, 0.2) is 0 Å². The van der Waals surface area contributed by atoms with E-state index < -0.39 is 11.0 Å². The molecule has 1 aromatic carbocycles. The molecule has 1 rings (SSSR count). The van der Waals surface area contributed by atoms with Crippen LogP contribution in [0.1, 0.15) is 5.56 Å². The lowest BCUT2D eigenvalue weighted by Gasteiger charge is -2.07. The lowest BCUT2D eigenvalue weighted by molar-refractivity contribution is -0.384. The zero-order chi connectivity index (χ0) is 12.1. The van der Waals surface area contributed by atoms with Crippen molar-refractivity contribution in [2.45, 2.75) is 6.54 Å². The lowest BCUT2D eigenvalue weighted by atomic mass is 10.2. The third kappa shape index (κ3) is 2.84. The highest BCUT2D eigenvalue weighted by atomic mass is 16.6. The van der Waals surface area contributed by atoms with Gasteiger partial charge in [0.25, 0.3) is 5.69 Å². The molecule has 2 N–H and O–H groups in total. The van der Waals surface area contributed by atoms with Crippen molar-refractivity contribution in [2.75, 3.05) is 7.11 Å². The molecule has 0 bridgehead atoms. The minimum absolute atomic E-state index is 0.0415. The molecule has 0 aliphatic rings. The van der Waals surface area contributed by atoms with Crippen molar-refractivity contribution in [1.29, 1.82) is 0 Å². The number of nitrogens with one attached hydrogen (secondary N) is 1. The molecule has 1 aromatic rings. The maximum atomic E-state index is 10.5. The number of non-ortho nitro benzene ring substituents is 1. The van der Waals surface area contributed by atoms with Gasteiger partial charge in [-0.25, -0.2) is 4.79 Å². The second-order valence-electron chi connectivity index (χ2n) is 2.91. The Kier molecular flexibility index (Phi) is 3.65. The van der Waals surface area contributed by atoms with E-state index >= 15 is 0 Å². The maximum Gasteiger partial charge on any atom is 0.404 e. The van der Waals surface area contributed by atoms with E-state index in [4.69, 9.17) is 9.84 Å². The van der Waals surface area contributed by atoms with Crippen LogP contribution in [-0.2, 0) is 6.54 Å². The summed E-state index contributed by atoms with van der Waals surface area (Å²) >= 11 is 0. The van der Waals surface area contributed by atoms with Gasteiger partial charge in [0.2, 0.25) is 0 Å². The Morgan fingerprint density at radius 1 is 1.62 bits per heavy atom. The SMILES string of the molecule is COc1ccc([N+](=O)[O-])cc1CNC(=O)O. The van der Waals surface area contributed by atoms with E-state index in [0.717, 1.165) is 0 Å². The molecule has 0 fully saturated rings. The molecule has 0 aliphatic carbocycles. The Balaban J connectivity index is 2.97. The van der Waals surface area contributed by atoms with Crippen molar-refractivity contribution in [3.8, 4) is 5.75 Å². The van der Waals surface area contributed by atoms with Crippen molar-refractivity contribution in [2.24, 2.45) is 0 Å². The van der Waals surface area contributed by atoms with Crippen LogP contribution in [0.25, 0.3) is 0 Å². The summed E-state index contributed by atoms with van der Waals surface area (Å²) in [6.45, 7) is -0.0415. The van der Waals surface area contributed by atoms with Crippen LogP contribution in [0.4, 0.5) is 10.5 Å². The summed E-state index contributed by atoms with van der Waals surface area (Å²) in [7, 11) is 1.41. The zero-order valence-electron chi connectivity index (χ0n) is 8.47. The summed E-state index contributed by atoms with van der Waals surface area (Å²) in [5.41, 5.74) is 0.307. The van der Waals surface area contributed by atoms with Crippen LogP contribution in [-0.4, -0.2) is 23.2 Å². The van der Waals surface area contributed by atoms with Crippen molar-refractivity contribution >= 4 is 11.8 Å². The lowest BCUT2D eigenvalue weighted by Crippen LogP contribution is -2.20. The average Bonchev–Trinajstić information content (AvgIpc) is 2.25. The smallest absolute Gasteiger partial charge is 0.404 e. The van der Waals surface area contributed by atoms with E-state index in [2.05, 4.69) is 5.32 Å². The monoisotopic (exact) mass is 226 g/mol. The first-order chi connectivity index (χ1) is 7.54. The topological polar surface area (TPSA) is 102 Å². The summed E-state index contributed by atoms with van der Waals surface area (Å²) in [5.74, 6) is 0.402. The number of carboxylic acid groups (broad SMARTS) is 1. The third-order valence-corrected chi connectivity index (χ3v) is 1.90. The first-order valence-electron chi connectivity index (χ1n) is 4.32. The molecule has 16 heavy (non-hydrogen) atoms. The number of rotatable bonds is 4. The summed E-state index contributed by atoms with van der Waals surface area (Å²) in [5, 5.41) is 21.1. The largest absolute Gasteiger partial charge is 0.496 e. The molecule has 7 nitrogen and oxygen atoms in total. The summed E-state index contributed by atoms with van der Waals surface area (Å²) in [6, 6.07) is 3.99. The van der Waals surface area contributed by atoms with E-state index in [1.54, 1.807) is 0 Å². The fraction of sp³-hybridized carbons (Fsp3) is 0.222. The van der Waals surface area contributed by atoms with Gasteiger partial charge in [-0.15, -0.1) is 0 Å². The van der Waals surface area contributed by atoms with Gasteiger partial charge in [-0.1, -0.05) is 0 Å². The van der Waals surface area contributed by atoms with E-state index in [0.29, 0.717) is 11.3 Å². The molecule has 0 radical (unpaired) electrons. The summed E-state index contributed by atoms with van der Waals surface area (Å²) < 4.78 is 4.96. The molecule has 0 atom stereocenters. The molecule has 0 saturated carbocycles. The first-order valence-corrected chi connectivity index (χ1v) is 4.32. The molecule has 0 unspecified atom stereocenters. The van der Waals surface area contributed by atoms with E-state index in [1.165, 1.54) is 25.3 Å². The Morgan fingerprint density at radius 3 is 2.81 bits per heavy atom. The summed E-state index contributed by atoms with van der Waals surface area (Å²) in [6.07, 6.45) is -1.20. The van der Waals surface area contributed by atoms with Crippen LogP contribution in [0.2, 0.25) is 0 Å². The third-order valence-electron chi connectivity index (χ3n) is 1.90. The zero-order valence-corrected chi connectivity index (χ0v) is 8.47. The molecule has 0 heterocycles. The van der Waals surface area contributed by atoms with Crippen LogP contribution in [0.3, 0.4) is 0 Å². The highest BCUT2D eigenvalue weighted by Crippen LogP contribution is 2.23. The Morgan fingerprint density at radius 2 is 2.31 bits per heavy atom. The Labute approximate surface area is 90.8 Å². The number of nitrogens with zero attached hydrogens (tertiary/aromatic N) is 1. The van der Waals surface area contributed by atoms with Crippen molar-refractivity contribution in [1.82, 2.24) is 5.32 Å². The highest BCUT2D eigenvalue weighted by molar-refractivity contribution is 5.64. The molecule has 7 heteroatoms. The van der Waals surface area contributed by atoms with Gasteiger partial charge < -0.3 is 15.2 Å². The summed E-state index contributed by atoms with van der Waals surface area (Å²) in [4.78, 5) is 20.3. The standard InChI is InChI=1S/C9H10N2O5/c1-16-8-3-2-7(11(14)15)4-6(8)5-10-9(12)13/h2-4,10H,5H2,1H3,(H,12,13). The van der Waals surface area contributed by atoms with Crippen LogP contribution >= 0.6 is 0 Å². The van der Waals surface area contributed by atoms with E-state index in [1.807, 2.05) is 0 Å². The normalized spacial score (nSPS) is 9.56. The predicted molar refractivity (Wildman–Crippen MR) is 54.5 cm³/mol. The second-order valence-corrected chi connectivity index (χ2v) is 2.91. The molecule has 0 saturated heterocycles. The molecular formula is C9H10N2O5. The van der Waals surface area contributed by atoms with Crippen LogP contribution in [0.15, 0.2) is 18.2 Å². The predicted octanol–water partition coefficient (Wildman–Crippen LogP) is 1.37. The van der Waals surface area contributed by atoms with Crippen molar-refractivity contribution in [3.05, 3.63) is 33.9 Å². The van der Waals surface area contributed by atoms with Crippen molar-refractivity contribution in [3.63, 3.8) is 0 Å². The first kappa shape index (κ1) is 11.8. The highest BCUT2D eigenvalue weighted by Gasteiger charge is 2.11. The number of hydrogen-bond acceptors (Lipinski definition) is 4. The average molecular weight is 226 g/mol. The van der Waals surface area contributed by atoms with Gasteiger partial charge in [0, 0.05) is 17.7 Å². The number of hydrogen-bond donors (Lipinski definition) is 2. The van der Waals surface area contributed by atoms with Crippen molar-refractivity contribution < 1.29 is 19.6 Å². The fourth-order valence-electron chi connectivity index (χ4n) is 1.19. The number of methoxy groups -OCH3 is 1. The van der Waals surface area contributed by atoms with E-state index in [9.17, 15) is 14.9 Å². The van der Waals surface area contributed by atoms with Gasteiger partial charge in [0.05, 0.1) is 18.6 Å². The number of ether oxygens (including phenoxy) is 1. The van der Waals surface area contributed by atoms with Crippen LogP contribution in [0.5, 0.6) is 5.75 Å². The Hall–Kier alpha value is -2.31. The quantitative estimate of drug-likeness (QED) is 0.596. The second kappa shape index (κ2) is 4.96. The number of nitro groups is 1. The molecule has 0 aliphatic heterocycles. The van der Waals surface area contributed by atoms with Gasteiger partial charge in [0.1, 0.15) is 5.75 Å². The minimum atomic E-state index is -1.20. The minimum Gasteiger partial charge on any atom is -0.496 e. The van der Waals surface area contributed by atoms with E-state index in [-0.39, 0.29) is 12.2 Å². The van der Waals surface area contributed by atoms with Gasteiger partial charge >= 0.3 is 6.09 Å². The number of amides is 1. The van der Waals surface area contributed by atoms with Gasteiger partial charge in [-0.3, -0.25) is 10.1 Å². The maximum absolute atomic E-state index is 10.5. The molecule has 86 valence electrons. The molecule has 1 amide bonds. The van der Waals surface area contributed by atoms with Crippen LogP contribution in [0, 0.1) is 10.1 Å². The molecule has 0 aromatic heterocycles. The number of carbonyl (C=O) groups is 1. The van der Waals surface area contributed by atoms with Gasteiger partial charge in [-0.2, -0.15) is 0 Å². The Bertz CT molecular complexity index is 418. The van der Waals surface area contributed by atoms with Crippen LogP contribution < -0.4 is 10.1 Å². The number of benzene rings is 1. The molecule has 0 spiro atoms. The number of nitro benzene ring substituents is 1. The van der Waals surface area contributed by atoms with Gasteiger partial charge in [-0.05, 0) is 6.07 Å². The molecular weight excluding hydrogens is 216 g/mol. The fourth-order valence-corrected chi connectivity index (χ4v) is 1.19.